The van der Waals surface area contributed by atoms with E-state index < -0.39 is 0 Å². The van der Waals surface area contributed by atoms with Crippen molar-refractivity contribution < 1.29 is 14.3 Å². The number of aryl methyl sites for hydroxylation is 1. The van der Waals surface area contributed by atoms with Crippen LogP contribution in [0.15, 0.2) is 12.1 Å². The summed E-state index contributed by atoms with van der Waals surface area (Å²) in [6.07, 6.45) is 0. The van der Waals surface area contributed by atoms with Crippen LogP contribution in [0.1, 0.15) is 5.56 Å². The number of ether oxygens (including phenoxy) is 2. The number of thioether (sulfide) groups is 1. The van der Waals surface area contributed by atoms with E-state index in [4.69, 9.17) is 9.47 Å². The van der Waals surface area contributed by atoms with Crippen LogP contribution in [-0.4, -0.2) is 37.8 Å². The minimum atomic E-state index is -0.127. The number of carbonyl (C=O) groups excluding carboxylic acids is 1. The zero-order valence-electron chi connectivity index (χ0n) is 11.7. The van der Waals surface area contributed by atoms with E-state index in [1.807, 2.05) is 13.0 Å². The number of amides is 1. The second-order valence-electron chi connectivity index (χ2n) is 4.28. The fraction of sp³-hybridized carbons (Fsp3) is 0.462. The van der Waals surface area contributed by atoms with E-state index in [0.717, 1.165) is 22.9 Å². The minimum Gasteiger partial charge on any atom is -0.493 e. The van der Waals surface area contributed by atoms with Gasteiger partial charge in [-0.3, -0.25) is 10.1 Å². The van der Waals surface area contributed by atoms with Gasteiger partial charge in [0.15, 0.2) is 11.5 Å². The number of rotatable bonds is 4. The van der Waals surface area contributed by atoms with Crippen molar-refractivity contribution in [3.63, 3.8) is 0 Å². The SMILES string of the molecule is COc1cc(C)c(NC(=O)C2CSCN2)cc1OC.Cl. The third-order valence-electron chi connectivity index (χ3n) is 3.02. The summed E-state index contributed by atoms with van der Waals surface area (Å²) in [5.41, 5.74) is 1.69. The van der Waals surface area contributed by atoms with Gasteiger partial charge in [0.1, 0.15) is 0 Å². The summed E-state index contributed by atoms with van der Waals surface area (Å²) < 4.78 is 10.5. The van der Waals surface area contributed by atoms with E-state index in [1.165, 1.54) is 0 Å². The maximum absolute atomic E-state index is 12.1. The number of nitrogens with one attached hydrogen (secondary N) is 2. The Morgan fingerprint density at radius 2 is 2.00 bits per heavy atom. The molecule has 0 aromatic heterocycles. The summed E-state index contributed by atoms with van der Waals surface area (Å²) in [5.74, 6) is 2.88. The van der Waals surface area contributed by atoms with Crippen LogP contribution in [-0.2, 0) is 4.79 Å². The monoisotopic (exact) mass is 318 g/mol. The van der Waals surface area contributed by atoms with Crippen molar-refractivity contribution in [1.29, 1.82) is 0 Å². The molecule has 1 aromatic carbocycles. The van der Waals surface area contributed by atoms with Crippen LogP contribution >= 0.6 is 24.2 Å². The Hall–Kier alpha value is -1.11. The predicted octanol–water partition coefficient (Wildman–Crippen LogP) is 2.04. The summed E-state index contributed by atoms with van der Waals surface area (Å²) in [4.78, 5) is 12.1. The van der Waals surface area contributed by atoms with Crippen molar-refractivity contribution in [3.8, 4) is 11.5 Å². The summed E-state index contributed by atoms with van der Waals surface area (Å²) in [7, 11) is 3.17. The number of halogens is 1. The van der Waals surface area contributed by atoms with Gasteiger partial charge in [0.2, 0.25) is 5.91 Å². The second-order valence-corrected chi connectivity index (χ2v) is 5.31. The molecule has 1 aromatic rings. The molecule has 0 radical (unpaired) electrons. The van der Waals surface area contributed by atoms with Gasteiger partial charge in [-0.2, -0.15) is 0 Å². The number of benzene rings is 1. The molecule has 20 heavy (non-hydrogen) atoms. The highest BCUT2D eigenvalue weighted by Gasteiger charge is 2.23. The van der Waals surface area contributed by atoms with Crippen molar-refractivity contribution in [2.45, 2.75) is 13.0 Å². The molecule has 0 bridgehead atoms. The standard InChI is InChI=1S/C13H18N2O3S.ClH/c1-8-4-11(17-2)12(18-3)5-9(8)15-13(16)10-6-19-7-14-10;/h4-5,10,14H,6-7H2,1-3H3,(H,15,16);1H. The molecule has 0 saturated carbocycles. The van der Waals surface area contributed by atoms with Crippen LogP contribution in [0.2, 0.25) is 0 Å². The molecule has 1 atom stereocenters. The van der Waals surface area contributed by atoms with Crippen molar-refractivity contribution in [2.75, 3.05) is 31.2 Å². The molecule has 2 rings (SSSR count). The molecule has 5 nitrogen and oxygen atoms in total. The average molecular weight is 319 g/mol. The number of hydrogen-bond acceptors (Lipinski definition) is 5. The fourth-order valence-corrected chi connectivity index (χ4v) is 2.84. The van der Waals surface area contributed by atoms with Crippen LogP contribution in [0.25, 0.3) is 0 Å². The normalized spacial score (nSPS) is 17.2. The van der Waals surface area contributed by atoms with Crippen LogP contribution in [0.3, 0.4) is 0 Å². The van der Waals surface area contributed by atoms with Gasteiger partial charge in [0.25, 0.3) is 0 Å². The van der Waals surface area contributed by atoms with Crippen LogP contribution in [0.5, 0.6) is 11.5 Å². The van der Waals surface area contributed by atoms with E-state index in [0.29, 0.717) is 11.5 Å². The van der Waals surface area contributed by atoms with E-state index in [2.05, 4.69) is 10.6 Å². The molecule has 1 saturated heterocycles. The molecule has 1 amide bonds. The minimum absolute atomic E-state index is 0. The number of methoxy groups -OCH3 is 2. The lowest BCUT2D eigenvalue weighted by atomic mass is 10.1. The third-order valence-corrected chi connectivity index (χ3v) is 3.96. The molecular formula is C13H19ClN2O3S. The molecule has 7 heteroatoms. The summed E-state index contributed by atoms with van der Waals surface area (Å²) in [6, 6.07) is 3.51. The first-order valence-corrected chi connectivity index (χ1v) is 7.15. The smallest absolute Gasteiger partial charge is 0.242 e. The first-order valence-electron chi connectivity index (χ1n) is 6.00. The van der Waals surface area contributed by atoms with Gasteiger partial charge in [-0.15, -0.1) is 24.2 Å². The molecule has 0 aliphatic carbocycles. The molecule has 1 aliphatic rings. The molecule has 1 aliphatic heterocycles. The summed E-state index contributed by atoms with van der Waals surface area (Å²) >= 11 is 1.72. The van der Waals surface area contributed by atoms with Crippen molar-refractivity contribution in [2.24, 2.45) is 0 Å². The van der Waals surface area contributed by atoms with E-state index in [1.54, 1.807) is 32.0 Å². The lowest BCUT2D eigenvalue weighted by Gasteiger charge is -2.15. The van der Waals surface area contributed by atoms with E-state index >= 15 is 0 Å². The Morgan fingerprint density at radius 3 is 2.55 bits per heavy atom. The van der Waals surface area contributed by atoms with Crippen LogP contribution in [0.4, 0.5) is 5.69 Å². The highest BCUT2D eigenvalue weighted by molar-refractivity contribution is 7.99. The van der Waals surface area contributed by atoms with Crippen LogP contribution in [0, 0.1) is 6.92 Å². The van der Waals surface area contributed by atoms with Gasteiger partial charge in [0.05, 0.1) is 20.3 Å². The molecule has 112 valence electrons. The van der Waals surface area contributed by atoms with E-state index in [9.17, 15) is 4.79 Å². The van der Waals surface area contributed by atoms with Crippen molar-refractivity contribution in [1.82, 2.24) is 5.32 Å². The lowest BCUT2D eigenvalue weighted by molar-refractivity contribution is -0.117. The predicted molar refractivity (Wildman–Crippen MR) is 84.4 cm³/mol. The van der Waals surface area contributed by atoms with Gasteiger partial charge >= 0.3 is 0 Å². The van der Waals surface area contributed by atoms with E-state index in [-0.39, 0.29) is 24.4 Å². The quantitative estimate of drug-likeness (QED) is 0.889. The Balaban J connectivity index is 0.00000200. The first-order chi connectivity index (χ1) is 9.15. The number of carbonyl (C=O) groups is 1. The molecular weight excluding hydrogens is 300 g/mol. The van der Waals surface area contributed by atoms with Crippen molar-refractivity contribution >= 4 is 35.8 Å². The Bertz CT molecular complexity index is 479. The zero-order valence-corrected chi connectivity index (χ0v) is 13.3. The highest BCUT2D eigenvalue weighted by atomic mass is 35.5. The van der Waals surface area contributed by atoms with Gasteiger partial charge in [-0.25, -0.2) is 0 Å². The maximum atomic E-state index is 12.1. The number of anilines is 1. The maximum Gasteiger partial charge on any atom is 0.242 e. The summed E-state index contributed by atoms with van der Waals surface area (Å²) in [6.45, 7) is 1.92. The van der Waals surface area contributed by atoms with Crippen molar-refractivity contribution in [3.05, 3.63) is 17.7 Å². The first kappa shape index (κ1) is 16.9. The molecule has 1 heterocycles. The van der Waals surface area contributed by atoms with Crippen LogP contribution < -0.4 is 20.1 Å². The number of hydrogen-bond donors (Lipinski definition) is 2. The molecule has 0 spiro atoms. The molecule has 2 N–H and O–H groups in total. The Morgan fingerprint density at radius 1 is 1.35 bits per heavy atom. The zero-order chi connectivity index (χ0) is 13.8. The van der Waals surface area contributed by atoms with Gasteiger partial charge < -0.3 is 14.8 Å². The lowest BCUT2D eigenvalue weighted by Crippen LogP contribution is -2.37. The topological polar surface area (TPSA) is 59.6 Å². The highest BCUT2D eigenvalue weighted by Crippen LogP contribution is 2.33. The Labute approximate surface area is 129 Å². The fourth-order valence-electron chi connectivity index (χ4n) is 1.90. The average Bonchev–Trinajstić information content (AvgIpc) is 2.94. The van der Waals surface area contributed by atoms with Gasteiger partial charge in [-0.05, 0) is 18.6 Å². The largest absolute Gasteiger partial charge is 0.493 e. The Kier molecular flexibility index (Phi) is 6.45. The second kappa shape index (κ2) is 7.61. The molecule has 1 fully saturated rings. The summed E-state index contributed by atoms with van der Waals surface area (Å²) in [5, 5.41) is 6.07. The third kappa shape index (κ3) is 3.71. The van der Waals surface area contributed by atoms with Gasteiger partial charge in [0, 0.05) is 23.4 Å². The van der Waals surface area contributed by atoms with Gasteiger partial charge in [-0.1, -0.05) is 0 Å². The molecule has 1 unspecified atom stereocenters.